The monoisotopic (exact) mass is 382 g/mol. The van der Waals surface area contributed by atoms with Gasteiger partial charge in [-0.3, -0.25) is 0 Å². The zero-order chi connectivity index (χ0) is 20.1. The highest BCUT2D eigenvalue weighted by Crippen LogP contribution is 2.34. The molecule has 6 nitrogen and oxygen atoms in total. The van der Waals surface area contributed by atoms with Crippen LogP contribution in [0.2, 0.25) is 0 Å². The number of furan rings is 1. The van der Waals surface area contributed by atoms with Crippen molar-refractivity contribution in [2.24, 2.45) is 0 Å². The fourth-order valence-corrected chi connectivity index (χ4v) is 2.79. The molecule has 0 aliphatic carbocycles. The minimum absolute atomic E-state index is 0.167. The average molecular weight is 382 g/mol. The first-order valence-corrected chi connectivity index (χ1v) is 8.68. The highest BCUT2D eigenvalue weighted by molar-refractivity contribution is 5.86. The van der Waals surface area contributed by atoms with Crippen molar-refractivity contribution in [2.75, 3.05) is 21.3 Å². The summed E-state index contributed by atoms with van der Waals surface area (Å²) in [6, 6.07) is 15.0. The molecule has 0 radical (unpaired) electrons. The molecule has 0 spiro atoms. The average Bonchev–Trinajstić information content (AvgIpc) is 3.12. The van der Waals surface area contributed by atoms with E-state index in [0.29, 0.717) is 11.5 Å². The highest BCUT2D eigenvalue weighted by Gasteiger charge is 2.15. The van der Waals surface area contributed by atoms with Crippen LogP contribution in [0.1, 0.15) is 21.9 Å². The van der Waals surface area contributed by atoms with E-state index in [9.17, 15) is 4.79 Å². The Kier molecular flexibility index (Phi) is 5.89. The van der Waals surface area contributed by atoms with Crippen LogP contribution >= 0.6 is 0 Å². The summed E-state index contributed by atoms with van der Waals surface area (Å²) in [5.74, 6) is 2.46. The molecular formula is C22H22O6. The van der Waals surface area contributed by atoms with Gasteiger partial charge in [0.1, 0.15) is 29.6 Å². The molecule has 28 heavy (non-hydrogen) atoms. The van der Waals surface area contributed by atoms with Crippen molar-refractivity contribution in [1.29, 1.82) is 0 Å². The second-order valence-electron chi connectivity index (χ2n) is 6.06. The van der Waals surface area contributed by atoms with E-state index in [2.05, 4.69) is 4.74 Å². The SMILES string of the molecule is COC(=O)c1cc(COc2ccc(-c3ccc(OC)cc3OC)cc2)c(C)o1. The molecule has 6 heteroatoms. The molecule has 0 atom stereocenters. The first-order chi connectivity index (χ1) is 13.5. The maximum absolute atomic E-state index is 11.5. The Hall–Kier alpha value is -3.41. The molecule has 0 bridgehead atoms. The Balaban J connectivity index is 1.72. The molecular weight excluding hydrogens is 360 g/mol. The fourth-order valence-electron chi connectivity index (χ4n) is 2.79. The van der Waals surface area contributed by atoms with Crippen LogP contribution in [0, 0.1) is 6.92 Å². The quantitative estimate of drug-likeness (QED) is 0.555. The maximum atomic E-state index is 11.5. The molecule has 1 aromatic heterocycles. The fraction of sp³-hybridized carbons (Fsp3) is 0.227. The van der Waals surface area contributed by atoms with Crippen LogP contribution in [0.4, 0.5) is 0 Å². The molecule has 146 valence electrons. The zero-order valence-electron chi connectivity index (χ0n) is 16.3. The molecule has 0 unspecified atom stereocenters. The number of aryl methyl sites for hydroxylation is 1. The molecule has 1 heterocycles. The highest BCUT2D eigenvalue weighted by atomic mass is 16.5. The number of hydrogen-bond acceptors (Lipinski definition) is 6. The zero-order valence-corrected chi connectivity index (χ0v) is 16.3. The Morgan fingerprint density at radius 3 is 2.29 bits per heavy atom. The number of benzene rings is 2. The summed E-state index contributed by atoms with van der Waals surface area (Å²) in [5.41, 5.74) is 2.75. The van der Waals surface area contributed by atoms with Crippen molar-refractivity contribution in [2.45, 2.75) is 13.5 Å². The Morgan fingerprint density at radius 2 is 1.64 bits per heavy atom. The van der Waals surface area contributed by atoms with E-state index in [0.717, 1.165) is 28.2 Å². The van der Waals surface area contributed by atoms with Gasteiger partial charge in [-0.15, -0.1) is 0 Å². The Bertz CT molecular complexity index is 956. The van der Waals surface area contributed by atoms with Gasteiger partial charge in [-0.25, -0.2) is 4.79 Å². The second kappa shape index (κ2) is 8.52. The maximum Gasteiger partial charge on any atom is 0.373 e. The van der Waals surface area contributed by atoms with Gasteiger partial charge in [0.25, 0.3) is 0 Å². The van der Waals surface area contributed by atoms with Crippen LogP contribution in [0.15, 0.2) is 52.9 Å². The third-order valence-corrected chi connectivity index (χ3v) is 4.38. The minimum Gasteiger partial charge on any atom is -0.497 e. The minimum atomic E-state index is -0.507. The number of carbonyl (C=O) groups is 1. The van der Waals surface area contributed by atoms with Gasteiger partial charge in [0, 0.05) is 17.2 Å². The topological polar surface area (TPSA) is 67.1 Å². The normalized spacial score (nSPS) is 10.4. The van der Waals surface area contributed by atoms with Crippen molar-refractivity contribution in [3.63, 3.8) is 0 Å². The third-order valence-electron chi connectivity index (χ3n) is 4.38. The van der Waals surface area contributed by atoms with Crippen LogP contribution in [-0.2, 0) is 11.3 Å². The lowest BCUT2D eigenvalue weighted by Crippen LogP contribution is -1.99. The van der Waals surface area contributed by atoms with E-state index in [4.69, 9.17) is 18.6 Å². The van der Waals surface area contributed by atoms with E-state index in [1.54, 1.807) is 27.2 Å². The molecule has 0 aliphatic heterocycles. The standard InChI is InChI=1S/C22H22O6/c1-14-16(11-21(28-14)22(23)26-4)13-27-17-7-5-15(6-8-17)19-10-9-18(24-2)12-20(19)25-3/h5-12H,13H2,1-4H3. The number of rotatable bonds is 7. The number of esters is 1. The van der Waals surface area contributed by atoms with Crippen molar-refractivity contribution < 1.29 is 28.2 Å². The summed E-state index contributed by atoms with van der Waals surface area (Å²) in [6.45, 7) is 2.07. The van der Waals surface area contributed by atoms with Crippen molar-refractivity contribution in [3.05, 3.63) is 65.6 Å². The molecule has 0 amide bonds. The molecule has 2 aromatic carbocycles. The van der Waals surface area contributed by atoms with E-state index >= 15 is 0 Å². The number of carbonyl (C=O) groups excluding carboxylic acids is 1. The number of methoxy groups -OCH3 is 3. The lowest BCUT2D eigenvalue weighted by atomic mass is 10.0. The van der Waals surface area contributed by atoms with E-state index in [1.807, 2.05) is 42.5 Å². The largest absolute Gasteiger partial charge is 0.497 e. The summed E-state index contributed by atoms with van der Waals surface area (Å²) in [4.78, 5) is 11.5. The molecule has 0 N–H and O–H groups in total. The van der Waals surface area contributed by atoms with Gasteiger partial charge in [-0.05, 0) is 42.8 Å². The van der Waals surface area contributed by atoms with E-state index in [-0.39, 0.29) is 12.4 Å². The summed E-state index contributed by atoms with van der Waals surface area (Å²) in [6.07, 6.45) is 0. The third kappa shape index (κ3) is 4.11. The summed E-state index contributed by atoms with van der Waals surface area (Å²) < 4.78 is 26.6. The van der Waals surface area contributed by atoms with Crippen LogP contribution in [0.5, 0.6) is 17.2 Å². The molecule has 0 saturated heterocycles. The lowest BCUT2D eigenvalue weighted by Gasteiger charge is -2.11. The predicted molar refractivity (Wildman–Crippen MR) is 104 cm³/mol. The summed E-state index contributed by atoms with van der Waals surface area (Å²) >= 11 is 0. The van der Waals surface area contributed by atoms with Gasteiger partial charge in [0.2, 0.25) is 5.76 Å². The van der Waals surface area contributed by atoms with Gasteiger partial charge < -0.3 is 23.4 Å². The van der Waals surface area contributed by atoms with Crippen molar-refractivity contribution in [3.8, 4) is 28.4 Å². The van der Waals surface area contributed by atoms with Crippen LogP contribution in [0.25, 0.3) is 11.1 Å². The number of ether oxygens (including phenoxy) is 4. The van der Waals surface area contributed by atoms with Crippen LogP contribution < -0.4 is 14.2 Å². The first kappa shape index (κ1) is 19.4. The van der Waals surface area contributed by atoms with E-state index in [1.165, 1.54) is 7.11 Å². The first-order valence-electron chi connectivity index (χ1n) is 8.68. The summed E-state index contributed by atoms with van der Waals surface area (Å²) in [5, 5.41) is 0. The molecule has 0 aliphatic rings. The second-order valence-corrected chi connectivity index (χ2v) is 6.06. The summed E-state index contributed by atoms with van der Waals surface area (Å²) in [7, 11) is 4.57. The van der Waals surface area contributed by atoms with Gasteiger partial charge in [0.05, 0.1) is 21.3 Å². The lowest BCUT2D eigenvalue weighted by molar-refractivity contribution is 0.0563. The molecule has 0 fully saturated rings. The smallest absolute Gasteiger partial charge is 0.373 e. The number of hydrogen-bond donors (Lipinski definition) is 0. The molecule has 3 aromatic rings. The van der Waals surface area contributed by atoms with Crippen molar-refractivity contribution >= 4 is 5.97 Å². The molecule has 0 saturated carbocycles. The van der Waals surface area contributed by atoms with Crippen LogP contribution in [-0.4, -0.2) is 27.3 Å². The Labute approximate surface area is 163 Å². The molecule has 3 rings (SSSR count). The van der Waals surface area contributed by atoms with Gasteiger partial charge in [-0.1, -0.05) is 12.1 Å². The van der Waals surface area contributed by atoms with Gasteiger partial charge >= 0.3 is 5.97 Å². The Morgan fingerprint density at radius 1 is 0.929 bits per heavy atom. The van der Waals surface area contributed by atoms with Gasteiger partial charge in [-0.2, -0.15) is 0 Å². The van der Waals surface area contributed by atoms with Gasteiger partial charge in [0.15, 0.2) is 0 Å². The van der Waals surface area contributed by atoms with Crippen LogP contribution in [0.3, 0.4) is 0 Å². The predicted octanol–water partition coefficient (Wildman–Crippen LogP) is 4.64. The van der Waals surface area contributed by atoms with Crippen molar-refractivity contribution in [1.82, 2.24) is 0 Å². The van der Waals surface area contributed by atoms with E-state index < -0.39 is 5.97 Å².